The van der Waals surface area contributed by atoms with Gasteiger partial charge in [0.2, 0.25) is 5.82 Å². The van der Waals surface area contributed by atoms with Gasteiger partial charge in [0.1, 0.15) is 5.82 Å². The highest BCUT2D eigenvalue weighted by molar-refractivity contribution is 5.90. The summed E-state index contributed by atoms with van der Waals surface area (Å²) in [5, 5.41) is 18.1. The van der Waals surface area contributed by atoms with E-state index in [1.54, 1.807) is 6.92 Å². The molecule has 1 heterocycles. The minimum absolute atomic E-state index is 0.0517. The van der Waals surface area contributed by atoms with Gasteiger partial charge in [0, 0.05) is 12.6 Å². The van der Waals surface area contributed by atoms with Crippen LogP contribution in [0, 0.1) is 12.8 Å². The second-order valence-corrected chi connectivity index (χ2v) is 4.08. The Labute approximate surface area is 94.5 Å². The van der Waals surface area contributed by atoms with Crippen LogP contribution in [-0.2, 0) is 0 Å². The van der Waals surface area contributed by atoms with Gasteiger partial charge in [-0.15, -0.1) is 5.10 Å². The number of hydrogen-bond donors (Lipinski definition) is 3. The Hall–Kier alpha value is -1.43. The normalized spacial score (nSPS) is 12.8. The second-order valence-electron chi connectivity index (χ2n) is 4.08. The molecule has 0 aliphatic heterocycles. The van der Waals surface area contributed by atoms with Gasteiger partial charge < -0.3 is 10.4 Å². The lowest BCUT2D eigenvalue weighted by Crippen LogP contribution is -2.39. The van der Waals surface area contributed by atoms with E-state index in [1.807, 2.05) is 13.8 Å². The molecular weight excluding hydrogens is 208 g/mol. The van der Waals surface area contributed by atoms with Gasteiger partial charge in [0.25, 0.3) is 5.91 Å². The molecule has 1 rings (SSSR count). The summed E-state index contributed by atoms with van der Waals surface area (Å²) in [4.78, 5) is 15.7. The molecule has 0 fully saturated rings. The van der Waals surface area contributed by atoms with Gasteiger partial charge in [-0.05, 0) is 19.3 Å². The Kier molecular flexibility index (Phi) is 4.42. The molecule has 1 atom stereocenters. The summed E-state index contributed by atoms with van der Waals surface area (Å²) in [6, 6.07) is -0.0590. The van der Waals surface area contributed by atoms with Crippen molar-refractivity contribution in [1.29, 1.82) is 0 Å². The number of H-pyrrole nitrogens is 1. The van der Waals surface area contributed by atoms with Crippen LogP contribution in [0.4, 0.5) is 0 Å². The molecule has 6 heteroatoms. The van der Waals surface area contributed by atoms with Gasteiger partial charge >= 0.3 is 0 Å². The predicted octanol–water partition coefficient (Wildman–Crippen LogP) is 0.250. The lowest BCUT2D eigenvalue weighted by atomic mass is 10.0. The van der Waals surface area contributed by atoms with E-state index < -0.39 is 0 Å². The molecule has 0 saturated heterocycles. The lowest BCUT2D eigenvalue weighted by Gasteiger charge is -2.20. The molecule has 90 valence electrons. The average Bonchev–Trinajstić information content (AvgIpc) is 2.64. The fourth-order valence-corrected chi connectivity index (χ4v) is 1.39. The van der Waals surface area contributed by atoms with E-state index >= 15 is 0 Å². The number of aromatic nitrogens is 3. The van der Waals surface area contributed by atoms with Crippen molar-refractivity contribution >= 4 is 5.91 Å². The van der Waals surface area contributed by atoms with Crippen LogP contribution < -0.4 is 5.32 Å². The van der Waals surface area contributed by atoms with Gasteiger partial charge in [0.05, 0.1) is 0 Å². The highest BCUT2D eigenvalue weighted by Gasteiger charge is 2.18. The fraction of sp³-hybridized carbons (Fsp3) is 0.700. The number of carbonyl (C=O) groups excluding carboxylic acids is 1. The van der Waals surface area contributed by atoms with Crippen LogP contribution in [0.1, 0.15) is 36.7 Å². The predicted molar refractivity (Wildman–Crippen MR) is 58.9 cm³/mol. The Morgan fingerprint density at radius 3 is 2.69 bits per heavy atom. The smallest absolute Gasteiger partial charge is 0.291 e. The van der Waals surface area contributed by atoms with Gasteiger partial charge in [0.15, 0.2) is 0 Å². The molecule has 16 heavy (non-hydrogen) atoms. The molecule has 6 nitrogen and oxygen atoms in total. The van der Waals surface area contributed by atoms with Gasteiger partial charge in [-0.25, -0.2) is 4.98 Å². The number of nitrogens with zero attached hydrogens (tertiary/aromatic N) is 2. The summed E-state index contributed by atoms with van der Waals surface area (Å²) in [6.45, 7) is 5.77. The monoisotopic (exact) mass is 226 g/mol. The molecule has 1 aromatic rings. The maximum Gasteiger partial charge on any atom is 0.291 e. The largest absolute Gasteiger partial charge is 0.396 e. The number of aliphatic hydroxyl groups is 1. The van der Waals surface area contributed by atoms with E-state index in [9.17, 15) is 4.79 Å². The van der Waals surface area contributed by atoms with Crippen LogP contribution >= 0.6 is 0 Å². The van der Waals surface area contributed by atoms with Crippen LogP contribution in [0.5, 0.6) is 0 Å². The lowest BCUT2D eigenvalue weighted by molar-refractivity contribution is 0.0906. The molecule has 0 radical (unpaired) electrons. The van der Waals surface area contributed by atoms with Gasteiger partial charge in [-0.3, -0.25) is 9.89 Å². The van der Waals surface area contributed by atoms with Gasteiger partial charge in [-0.1, -0.05) is 13.8 Å². The van der Waals surface area contributed by atoms with Crippen LogP contribution in [-0.4, -0.2) is 38.8 Å². The van der Waals surface area contributed by atoms with E-state index in [0.717, 1.165) is 0 Å². The Morgan fingerprint density at radius 2 is 2.25 bits per heavy atom. The maximum absolute atomic E-state index is 11.7. The number of rotatable bonds is 5. The molecule has 0 aromatic carbocycles. The first-order valence-electron chi connectivity index (χ1n) is 5.35. The highest BCUT2D eigenvalue weighted by atomic mass is 16.3. The van der Waals surface area contributed by atoms with Crippen molar-refractivity contribution in [3.63, 3.8) is 0 Å². The highest BCUT2D eigenvalue weighted by Crippen LogP contribution is 2.06. The number of nitrogens with one attached hydrogen (secondary N) is 2. The van der Waals surface area contributed by atoms with Crippen LogP contribution in [0.3, 0.4) is 0 Å². The third kappa shape index (κ3) is 3.30. The van der Waals surface area contributed by atoms with Crippen LogP contribution in [0.25, 0.3) is 0 Å². The minimum atomic E-state index is -0.309. The van der Waals surface area contributed by atoms with Crippen molar-refractivity contribution in [2.45, 2.75) is 33.2 Å². The van der Waals surface area contributed by atoms with E-state index in [-0.39, 0.29) is 30.3 Å². The molecule has 0 bridgehead atoms. The van der Waals surface area contributed by atoms with Gasteiger partial charge in [-0.2, -0.15) is 0 Å². The quantitative estimate of drug-likeness (QED) is 0.671. The Bertz CT molecular complexity index is 348. The number of hydrogen-bond acceptors (Lipinski definition) is 4. The molecule has 3 N–H and O–H groups in total. The van der Waals surface area contributed by atoms with E-state index in [4.69, 9.17) is 5.11 Å². The zero-order chi connectivity index (χ0) is 12.1. The summed E-state index contributed by atoms with van der Waals surface area (Å²) >= 11 is 0. The van der Waals surface area contributed by atoms with Crippen LogP contribution in [0.2, 0.25) is 0 Å². The zero-order valence-corrected chi connectivity index (χ0v) is 9.82. The second kappa shape index (κ2) is 5.60. The number of carbonyl (C=O) groups is 1. The number of aromatic amines is 1. The van der Waals surface area contributed by atoms with E-state index in [1.165, 1.54) is 0 Å². The SMILES string of the molecule is Cc1nc(C(=O)NC(CCO)C(C)C)n[nH]1. The summed E-state index contributed by atoms with van der Waals surface area (Å²) in [5.74, 6) is 0.696. The minimum Gasteiger partial charge on any atom is -0.396 e. The van der Waals surface area contributed by atoms with Crippen molar-refractivity contribution in [2.24, 2.45) is 5.92 Å². The summed E-state index contributed by atoms with van der Waals surface area (Å²) in [5.41, 5.74) is 0. The average molecular weight is 226 g/mol. The third-order valence-corrected chi connectivity index (χ3v) is 2.36. The number of aliphatic hydroxyl groups excluding tert-OH is 1. The fourth-order valence-electron chi connectivity index (χ4n) is 1.39. The molecule has 1 aromatic heterocycles. The molecular formula is C10H18N4O2. The van der Waals surface area contributed by atoms with E-state index in [0.29, 0.717) is 12.2 Å². The summed E-state index contributed by atoms with van der Waals surface area (Å²) < 4.78 is 0. The van der Waals surface area contributed by atoms with Crippen molar-refractivity contribution < 1.29 is 9.90 Å². The molecule has 0 aliphatic carbocycles. The van der Waals surface area contributed by atoms with Crippen molar-refractivity contribution in [3.05, 3.63) is 11.6 Å². The molecule has 1 amide bonds. The number of amides is 1. The maximum atomic E-state index is 11.7. The van der Waals surface area contributed by atoms with Crippen LogP contribution in [0.15, 0.2) is 0 Å². The number of aryl methyl sites for hydroxylation is 1. The molecule has 0 saturated carbocycles. The Balaban J connectivity index is 2.61. The topological polar surface area (TPSA) is 90.9 Å². The van der Waals surface area contributed by atoms with Crippen molar-refractivity contribution in [2.75, 3.05) is 6.61 Å². The summed E-state index contributed by atoms with van der Waals surface area (Å²) in [6.07, 6.45) is 0.535. The third-order valence-electron chi connectivity index (χ3n) is 2.36. The summed E-state index contributed by atoms with van der Waals surface area (Å²) in [7, 11) is 0. The first-order chi connectivity index (χ1) is 7.54. The zero-order valence-electron chi connectivity index (χ0n) is 9.82. The van der Waals surface area contributed by atoms with Crippen molar-refractivity contribution in [1.82, 2.24) is 20.5 Å². The van der Waals surface area contributed by atoms with E-state index in [2.05, 4.69) is 20.5 Å². The Morgan fingerprint density at radius 1 is 1.56 bits per heavy atom. The molecule has 0 aliphatic rings. The molecule has 1 unspecified atom stereocenters. The first kappa shape index (κ1) is 12.6. The molecule has 0 spiro atoms. The van der Waals surface area contributed by atoms with Crippen molar-refractivity contribution in [3.8, 4) is 0 Å². The first-order valence-corrected chi connectivity index (χ1v) is 5.35. The standard InChI is InChI=1S/C10H18N4O2/c1-6(2)8(4-5-15)12-10(16)9-11-7(3)13-14-9/h6,8,15H,4-5H2,1-3H3,(H,12,16)(H,11,13,14).